The lowest BCUT2D eigenvalue weighted by Crippen LogP contribution is -2.21. The van der Waals surface area contributed by atoms with Crippen LogP contribution in [0.25, 0.3) is 0 Å². The first kappa shape index (κ1) is 24.5. The number of ether oxygens (including phenoxy) is 4. The number of allylic oxidation sites excluding steroid dienone is 1. The number of nitriles is 1. The first-order valence-corrected chi connectivity index (χ1v) is 11.9. The number of nitrogens with zero attached hydrogens (tertiary/aromatic N) is 1. The molecule has 4 aromatic carbocycles. The fraction of sp³-hybridized carbons (Fsp3) is 0.0968. The minimum absolute atomic E-state index is 0.00289. The smallest absolute Gasteiger partial charge is 0.343 e. The second kappa shape index (κ2) is 10.8. The van der Waals surface area contributed by atoms with Gasteiger partial charge in [0.05, 0.1) is 18.6 Å². The van der Waals surface area contributed by atoms with E-state index in [0.717, 1.165) is 16.7 Å². The van der Waals surface area contributed by atoms with Crippen molar-refractivity contribution in [3.8, 4) is 29.1 Å². The van der Waals surface area contributed by atoms with Gasteiger partial charge in [-0.15, -0.1) is 0 Å². The van der Waals surface area contributed by atoms with Crippen LogP contribution in [-0.2, 0) is 6.61 Å². The van der Waals surface area contributed by atoms with Crippen molar-refractivity contribution in [1.29, 1.82) is 5.26 Å². The molecule has 1 atom stereocenters. The van der Waals surface area contributed by atoms with Gasteiger partial charge in [0.2, 0.25) is 5.88 Å². The third kappa shape index (κ3) is 5.15. The van der Waals surface area contributed by atoms with Crippen molar-refractivity contribution in [3.63, 3.8) is 0 Å². The summed E-state index contributed by atoms with van der Waals surface area (Å²) >= 11 is 0. The predicted octanol–water partition coefficient (Wildman–Crippen LogP) is 5.71. The standard InChI is InChI=1S/C31H24N2O5/c1-35-23-11-6-10-22(16-23)31(34)37-25-13-14-26-28(17-25)38-30(33)27(18-32)29(26)21-9-5-12-24(15-21)36-19-20-7-3-2-4-8-20/h2-17,29H,19,33H2,1H3. The largest absolute Gasteiger partial charge is 0.497 e. The van der Waals surface area contributed by atoms with E-state index in [1.165, 1.54) is 7.11 Å². The minimum Gasteiger partial charge on any atom is -0.497 e. The SMILES string of the molecule is COc1cccc(C(=O)Oc2ccc3c(c2)OC(N)=C(C#N)C3c2cccc(OCc3ccccc3)c2)c1. The van der Waals surface area contributed by atoms with E-state index < -0.39 is 11.9 Å². The number of benzene rings is 4. The molecule has 1 aliphatic rings. The average Bonchev–Trinajstić information content (AvgIpc) is 2.96. The zero-order valence-electron chi connectivity index (χ0n) is 20.6. The van der Waals surface area contributed by atoms with Gasteiger partial charge in [-0.05, 0) is 47.5 Å². The number of hydrogen-bond donors (Lipinski definition) is 1. The quantitative estimate of drug-likeness (QED) is 0.254. The van der Waals surface area contributed by atoms with Crippen molar-refractivity contribution >= 4 is 5.97 Å². The van der Waals surface area contributed by atoms with Gasteiger partial charge >= 0.3 is 5.97 Å². The number of rotatable bonds is 7. The number of fused-ring (bicyclic) bond motifs is 1. The number of carbonyl (C=O) groups is 1. The maximum Gasteiger partial charge on any atom is 0.343 e. The first-order chi connectivity index (χ1) is 18.6. The van der Waals surface area contributed by atoms with Gasteiger partial charge in [0.25, 0.3) is 0 Å². The second-order valence-corrected chi connectivity index (χ2v) is 8.59. The van der Waals surface area contributed by atoms with Gasteiger partial charge in [-0.25, -0.2) is 4.79 Å². The molecule has 188 valence electrons. The van der Waals surface area contributed by atoms with E-state index in [9.17, 15) is 10.1 Å². The molecule has 5 rings (SSSR count). The van der Waals surface area contributed by atoms with Crippen LogP contribution in [0.15, 0.2) is 109 Å². The topological polar surface area (TPSA) is 104 Å². The van der Waals surface area contributed by atoms with Crippen molar-refractivity contribution in [1.82, 2.24) is 0 Å². The summed E-state index contributed by atoms with van der Waals surface area (Å²) in [5, 5.41) is 9.90. The Bertz CT molecular complexity index is 1560. The van der Waals surface area contributed by atoms with Crippen molar-refractivity contribution in [2.45, 2.75) is 12.5 Å². The second-order valence-electron chi connectivity index (χ2n) is 8.59. The van der Waals surface area contributed by atoms with Crippen molar-refractivity contribution in [2.75, 3.05) is 7.11 Å². The molecule has 0 spiro atoms. The monoisotopic (exact) mass is 504 g/mol. The van der Waals surface area contributed by atoms with E-state index in [1.54, 1.807) is 42.5 Å². The summed E-state index contributed by atoms with van der Waals surface area (Å²) in [6.07, 6.45) is 0. The van der Waals surface area contributed by atoms with Crippen LogP contribution in [0.4, 0.5) is 0 Å². The van der Waals surface area contributed by atoms with Crippen LogP contribution in [0.2, 0.25) is 0 Å². The Hall–Kier alpha value is -5.22. The summed E-state index contributed by atoms with van der Waals surface area (Å²) in [4.78, 5) is 12.7. The Kier molecular flexibility index (Phi) is 6.96. The Morgan fingerprint density at radius 1 is 0.921 bits per heavy atom. The van der Waals surface area contributed by atoms with Crippen LogP contribution >= 0.6 is 0 Å². The summed E-state index contributed by atoms with van der Waals surface area (Å²) in [5.74, 6) is 0.873. The van der Waals surface area contributed by atoms with Crippen LogP contribution in [0.5, 0.6) is 23.0 Å². The minimum atomic E-state index is -0.541. The first-order valence-electron chi connectivity index (χ1n) is 11.9. The predicted molar refractivity (Wildman–Crippen MR) is 141 cm³/mol. The molecule has 0 fully saturated rings. The molecule has 1 aliphatic heterocycles. The Balaban J connectivity index is 1.42. The van der Waals surface area contributed by atoms with E-state index in [0.29, 0.717) is 35.0 Å². The molecule has 0 radical (unpaired) electrons. The normalized spacial score (nSPS) is 14.1. The van der Waals surface area contributed by atoms with Crippen LogP contribution < -0.4 is 24.7 Å². The summed E-state index contributed by atoms with van der Waals surface area (Å²) < 4.78 is 22.5. The molecule has 38 heavy (non-hydrogen) atoms. The van der Waals surface area contributed by atoms with Crippen molar-refractivity contribution in [3.05, 3.63) is 131 Å². The molecule has 1 unspecified atom stereocenters. The molecule has 0 aliphatic carbocycles. The van der Waals surface area contributed by atoms with Gasteiger partial charge in [0, 0.05) is 11.6 Å². The third-order valence-corrected chi connectivity index (χ3v) is 6.15. The Morgan fingerprint density at radius 2 is 1.71 bits per heavy atom. The van der Waals surface area contributed by atoms with Gasteiger partial charge in [-0.2, -0.15) is 5.26 Å². The van der Waals surface area contributed by atoms with Gasteiger partial charge < -0.3 is 24.7 Å². The highest BCUT2D eigenvalue weighted by molar-refractivity contribution is 5.91. The summed E-state index contributed by atoms with van der Waals surface area (Å²) in [6.45, 7) is 0.416. The van der Waals surface area contributed by atoms with E-state index in [4.69, 9.17) is 24.7 Å². The third-order valence-electron chi connectivity index (χ3n) is 6.15. The zero-order valence-corrected chi connectivity index (χ0v) is 20.6. The maximum atomic E-state index is 12.7. The lowest BCUT2D eigenvalue weighted by atomic mass is 9.83. The maximum absolute atomic E-state index is 12.7. The molecular weight excluding hydrogens is 480 g/mol. The molecule has 2 N–H and O–H groups in total. The molecule has 7 heteroatoms. The van der Waals surface area contributed by atoms with Crippen molar-refractivity contribution in [2.24, 2.45) is 5.73 Å². The fourth-order valence-electron chi connectivity index (χ4n) is 4.28. The van der Waals surface area contributed by atoms with Crippen molar-refractivity contribution < 1.29 is 23.7 Å². The van der Waals surface area contributed by atoms with Gasteiger partial charge in [0.1, 0.15) is 41.2 Å². The molecule has 1 heterocycles. The molecule has 7 nitrogen and oxygen atoms in total. The molecule has 4 aromatic rings. The highest BCUT2D eigenvalue weighted by Crippen LogP contribution is 2.44. The summed E-state index contributed by atoms with van der Waals surface area (Å²) in [6, 6.07) is 31.3. The molecular formula is C31H24N2O5. The van der Waals surface area contributed by atoms with E-state index in [2.05, 4.69) is 6.07 Å². The van der Waals surface area contributed by atoms with E-state index in [-0.39, 0.29) is 11.6 Å². The lowest BCUT2D eigenvalue weighted by Gasteiger charge is -2.27. The number of hydrogen-bond acceptors (Lipinski definition) is 7. The summed E-state index contributed by atoms with van der Waals surface area (Å²) in [7, 11) is 1.53. The molecule has 0 aromatic heterocycles. The molecule has 0 saturated heterocycles. The van der Waals surface area contributed by atoms with Gasteiger partial charge in [-0.3, -0.25) is 0 Å². The van der Waals surface area contributed by atoms with Crippen LogP contribution in [0.3, 0.4) is 0 Å². The lowest BCUT2D eigenvalue weighted by molar-refractivity contribution is 0.0734. The molecule has 0 saturated carbocycles. The number of carbonyl (C=O) groups excluding carboxylic acids is 1. The molecule has 0 bridgehead atoms. The van der Waals surface area contributed by atoms with Crippen LogP contribution in [0, 0.1) is 11.3 Å². The Morgan fingerprint density at radius 3 is 2.50 bits per heavy atom. The van der Waals surface area contributed by atoms with Crippen LogP contribution in [-0.4, -0.2) is 13.1 Å². The average molecular weight is 505 g/mol. The van der Waals surface area contributed by atoms with E-state index in [1.807, 2.05) is 54.6 Å². The Labute approximate surface area is 220 Å². The highest BCUT2D eigenvalue weighted by atomic mass is 16.5. The van der Waals surface area contributed by atoms with Crippen LogP contribution in [0.1, 0.15) is 33.0 Å². The number of esters is 1. The zero-order chi connectivity index (χ0) is 26.5. The van der Waals surface area contributed by atoms with Gasteiger partial charge in [0.15, 0.2) is 0 Å². The number of methoxy groups -OCH3 is 1. The van der Waals surface area contributed by atoms with Gasteiger partial charge in [-0.1, -0.05) is 54.6 Å². The van der Waals surface area contributed by atoms with E-state index >= 15 is 0 Å². The highest BCUT2D eigenvalue weighted by Gasteiger charge is 2.31. The summed E-state index contributed by atoms with van der Waals surface area (Å²) in [5.41, 5.74) is 9.39. The number of nitrogens with two attached hydrogens (primary N) is 1. The fourth-order valence-corrected chi connectivity index (χ4v) is 4.28. The molecule has 0 amide bonds.